The molecular weight excluding hydrogens is 234 g/mol. The number of rotatable bonds is 5. The number of benzene rings is 1. The van der Waals surface area contributed by atoms with Crippen LogP contribution in [0.5, 0.6) is 0 Å². The molecule has 1 aliphatic heterocycles. The Bertz CT molecular complexity index is 484. The molecule has 0 radical (unpaired) electrons. The third kappa shape index (κ3) is 2.27. The summed E-state index contributed by atoms with van der Waals surface area (Å²) in [5, 5.41) is 8.56. The molecule has 96 valence electrons. The number of ether oxygens (including phenoxy) is 1. The Morgan fingerprint density at radius 2 is 1.89 bits per heavy atom. The number of carbonyl (C=O) groups is 2. The van der Waals surface area contributed by atoms with Gasteiger partial charge in [0.25, 0.3) is 11.8 Å². The fourth-order valence-electron chi connectivity index (χ4n) is 1.93. The lowest BCUT2D eigenvalue weighted by atomic mass is 10.1. The van der Waals surface area contributed by atoms with Gasteiger partial charge in [-0.25, -0.2) is 0 Å². The second kappa shape index (κ2) is 5.29. The van der Waals surface area contributed by atoms with E-state index < -0.39 is 0 Å². The minimum Gasteiger partial charge on any atom is -0.394 e. The van der Waals surface area contributed by atoms with Crippen molar-refractivity contribution in [1.29, 1.82) is 0 Å². The molecule has 0 saturated heterocycles. The van der Waals surface area contributed by atoms with Crippen molar-refractivity contribution in [2.75, 3.05) is 26.4 Å². The smallest absolute Gasteiger partial charge is 0.261 e. The van der Waals surface area contributed by atoms with Crippen LogP contribution >= 0.6 is 0 Å². The fourth-order valence-corrected chi connectivity index (χ4v) is 1.93. The predicted octanol–water partition coefficient (Wildman–Crippen LogP) is 0.600. The third-order valence-corrected chi connectivity index (χ3v) is 2.82. The van der Waals surface area contributed by atoms with Gasteiger partial charge in [-0.05, 0) is 19.1 Å². The number of nitrogens with zero attached hydrogens (tertiary/aromatic N) is 1. The molecule has 0 saturated carbocycles. The average molecular weight is 249 g/mol. The maximum atomic E-state index is 12.0. The van der Waals surface area contributed by atoms with Crippen LogP contribution in [0, 0.1) is 6.92 Å². The second-order valence-corrected chi connectivity index (χ2v) is 4.15. The molecule has 0 bridgehead atoms. The summed E-state index contributed by atoms with van der Waals surface area (Å²) in [4.78, 5) is 25.2. The second-order valence-electron chi connectivity index (χ2n) is 4.15. The van der Waals surface area contributed by atoms with Crippen molar-refractivity contribution in [2.24, 2.45) is 0 Å². The van der Waals surface area contributed by atoms with Gasteiger partial charge in [0.15, 0.2) is 0 Å². The number of aryl methyl sites for hydroxylation is 1. The fraction of sp³-hybridized carbons (Fsp3) is 0.385. The summed E-state index contributed by atoms with van der Waals surface area (Å²) in [7, 11) is 0. The van der Waals surface area contributed by atoms with Crippen molar-refractivity contribution < 1.29 is 19.4 Å². The van der Waals surface area contributed by atoms with Crippen molar-refractivity contribution in [2.45, 2.75) is 6.92 Å². The van der Waals surface area contributed by atoms with Crippen LogP contribution < -0.4 is 0 Å². The minimum atomic E-state index is -0.275. The zero-order valence-corrected chi connectivity index (χ0v) is 10.2. The van der Waals surface area contributed by atoms with Crippen LogP contribution in [-0.4, -0.2) is 48.2 Å². The van der Waals surface area contributed by atoms with Gasteiger partial charge in [-0.1, -0.05) is 11.6 Å². The zero-order valence-electron chi connectivity index (χ0n) is 10.2. The highest BCUT2D eigenvalue weighted by Gasteiger charge is 2.34. The number of aliphatic hydroxyl groups excluding tert-OH is 1. The molecule has 1 aliphatic rings. The lowest BCUT2D eigenvalue weighted by Gasteiger charge is -2.13. The Morgan fingerprint density at radius 3 is 2.61 bits per heavy atom. The van der Waals surface area contributed by atoms with Crippen LogP contribution in [-0.2, 0) is 4.74 Å². The molecule has 1 heterocycles. The van der Waals surface area contributed by atoms with Gasteiger partial charge in [-0.3, -0.25) is 14.5 Å². The first-order valence-corrected chi connectivity index (χ1v) is 5.80. The monoisotopic (exact) mass is 249 g/mol. The minimum absolute atomic E-state index is 0.0681. The van der Waals surface area contributed by atoms with Crippen LogP contribution in [0.4, 0.5) is 0 Å². The number of aliphatic hydroxyl groups is 1. The third-order valence-electron chi connectivity index (χ3n) is 2.82. The number of amides is 2. The SMILES string of the molecule is Cc1ccc2c(c1)C(=O)N(CCOCCO)C2=O. The Labute approximate surface area is 105 Å². The lowest BCUT2D eigenvalue weighted by molar-refractivity contribution is 0.0514. The van der Waals surface area contributed by atoms with E-state index in [0.29, 0.717) is 11.1 Å². The Kier molecular flexibility index (Phi) is 3.74. The molecule has 5 heteroatoms. The first kappa shape index (κ1) is 12.7. The van der Waals surface area contributed by atoms with E-state index in [4.69, 9.17) is 9.84 Å². The highest BCUT2D eigenvalue weighted by Crippen LogP contribution is 2.23. The summed E-state index contributed by atoms with van der Waals surface area (Å²) in [6.45, 7) is 2.48. The highest BCUT2D eigenvalue weighted by molar-refractivity contribution is 6.21. The molecule has 0 aromatic heterocycles. The summed E-state index contributed by atoms with van der Waals surface area (Å²) in [6, 6.07) is 5.22. The Balaban J connectivity index is 2.08. The number of imide groups is 1. The number of hydrogen-bond donors (Lipinski definition) is 1. The van der Waals surface area contributed by atoms with Crippen molar-refractivity contribution in [3.63, 3.8) is 0 Å². The van der Waals surface area contributed by atoms with Gasteiger partial charge in [-0.15, -0.1) is 0 Å². The molecule has 18 heavy (non-hydrogen) atoms. The van der Waals surface area contributed by atoms with E-state index in [2.05, 4.69) is 0 Å². The summed E-state index contributed by atoms with van der Waals surface area (Å²) < 4.78 is 5.07. The van der Waals surface area contributed by atoms with E-state index >= 15 is 0 Å². The molecular formula is C13H15NO4. The molecule has 1 aromatic rings. The van der Waals surface area contributed by atoms with Crippen molar-refractivity contribution >= 4 is 11.8 Å². The van der Waals surface area contributed by atoms with Crippen molar-refractivity contribution in [3.05, 3.63) is 34.9 Å². The molecule has 1 aromatic carbocycles. The number of fused-ring (bicyclic) bond motifs is 1. The summed E-state index contributed by atoms with van der Waals surface area (Å²) in [5.74, 6) is -0.547. The average Bonchev–Trinajstić information content (AvgIpc) is 2.59. The molecule has 1 N–H and O–H groups in total. The maximum absolute atomic E-state index is 12.0. The molecule has 0 unspecified atom stereocenters. The quantitative estimate of drug-likeness (QED) is 0.613. The Hall–Kier alpha value is -1.72. The maximum Gasteiger partial charge on any atom is 0.261 e. The van der Waals surface area contributed by atoms with Gasteiger partial charge in [0.05, 0.1) is 37.5 Å². The van der Waals surface area contributed by atoms with Crippen LogP contribution in [0.25, 0.3) is 0 Å². The predicted molar refractivity (Wildman–Crippen MR) is 64.5 cm³/mol. The van der Waals surface area contributed by atoms with E-state index in [1.807, 2.05) is 13.0 Å². The summed E-state index contributed by atoms with van der Waals surface area (Å²) >= 11 is 0. The van der Waals surface area contributed by atoms with Gasteiger partial charge in [0.2, 0.25) is 0 Å². The van der Waals surface area contributed by atoms with E-state index in [9.17, 15) is 9.59 Å². The zero-order chi connectivity index (χ0) is 13.1. The number of carbonyl (C=O) groups excluding carboxylic acids is 2. The van der Waals surface area contributed by atoms with Crippen molar-refractivity contribution in [1.82, 2.24) is 4.90 Å². The van der Waals surface area contributed by atoms with Crippen LogP contribution in [0.3, 0.4) is 0 Å². The number of hydrogen-bond acceptors (Lipinski definition) is 4. The molecule has 0 fully saturated rings. The molecule has 0 aliphatic carbocycles. The molecule has 0 spiro atoms. The van der Waals surface area contributed by atoms with Gasteiger partial charge < -0.3 is 9.84 Å². The van der Waals surface area contributed by atoms with Gasteiger partial charge >= 0.3 is 0 Å². The van der Waals surface area contributed by atoms with Crippen molar-refractivity contribution in [3.8, 4) is 0 Å². The molecule has 5 nitrogen and oxygen atoms in total. The standard InChI is InChI=1S/C13H15NO4/c1-9-2-3-10-11(8-9)13(17)14(12(10)16)4-6-18-7-5-15/h2-3,8,15H,4-7H2,1H3. The first-order valence-electron chi connectivity index (χ1n) is 5.80. The van der Waals surface area contributed by atoms with Gasteiger partial charge in [0, 0.05) is 0 Å². The van der Waals surface area contributed by atoms with E-state index in [1.54, 1.807) is 12.1 Å². The van der Waals surface area contributed by atoms with Crippen LogP contribution in [0.1, 0.15) is 26.3 Å². The van der Waals surface area contributed by atoms with E-state index in [-0.39, 0.29) is 38.2 Å². The Morgan fingerprint density at radius 1 is 1.17 bits per heavy atom. The largest absolute Gasteiger partial charge is 0.394 e. The van der Waals surface area contributed by atoms with E-state index in [0.717, 1.165) is 5.56 Å². The first-order chi connectivity index (χ1) is 8.65. The molecule has 0 atom stereocenters. The summed E-state index contributed by atoms with van der Waals surface area (Å²) in [6.07, 6.45) is 0. The highest BCUT2D eigenvalue weighted by atomic mass is 16.5. The lowest BCUT2D eigenvalue weighted by Crippen LogP contribution is -2.33. The summed E-state index contributed by atoms with van der Waals surface area (Å²) in [5.41, 5.74) is 1.86. The normalized spacial score (nSPS) is 14.2. The molecule has 2 amide bonds. The van der Waals surface area contributed by atoms with Gasteiger partial charge in [-0.2, -0.15) is 0 Å². The topological polar surface area (TPSA) is 66.8 Å². The van der Waals surface area contributed by atoms with Crippen LogP contribution in [0.2, 0.25) is 0 Å². The van der Waals surface area contributed by atoms with Gasteiger partial charge in [0.1, 0.15) is 0 Å². The molecule has 2 rings (SSSR count). The van der Waals surface area contributed by atoms with Crippen LogP contribution in [0.15, 0.2) is 18.2 Å². The van der Waals surface area contributed by atoms with E-state index in [1.165, 1.54) is 4.90 Å².